The maximum atomic E-state index is 16.3. The van der Waals surface area contributed by atoms with E-state index in [4.69, 9.17) is 22.9 Å². The molecule has 392 valence electrons. The highest BCUT2D eigenvalue weighted by Gasteiger charge is 2.50. The molecule has 5 aromatic rings. The molecule has 0 bridgehead atoms. The Morgan fingerprint density at radius 3 is 2.34 bits per heavy atom. The molecule has 3 aliphatic carbocycles. The summed E-state index contributed by atoms with van der Waals surface area (Å²) in [7, 11) is 1.64. The predicted molar refractivity (Wildman–Crippen MR) is 284 cm³/mol. The Balaban J connectivity index is 0.678. The minimum absolute atomic E-state index is 0.0825. The van der Waals surface area contributed by atoms with Gasteiger partial charge in [0.15, 0.2) is 17.5 Å². The van der Waals surface area contributed by atoms with Crippen LogP contribution in [0.4, 0.5) is 28.2 Å². The summed E-state index contributed by atoms with van der Waals surface area (Å²) >= 11 is 6.85. The highest BCUT2D eigenvalue weighted by Crippen LogP contribution is 2.56. The quantitative estimate of drug-likeness (QED) is 0.120. The van der Waals surface area contributed by atoms with Gasteiger partial charge < -0.3 is 25.2 Å². The molecule has 3 aliphatic heterocycles. The molecule has 10 nitrogen and oxygen atoms in total. The number of anilines is 1. The summed E-state index contributed by atoms with van der Waals surface area (Å²) in [5, 5.41) is 11.4. The molecule has 5 heterocycles. The number of hydrogen-bond acceptors (Lipinski definition) is 7. The van der Waals surface area contributed by atoms with Gasteiger partial charge in [-0.15, -0.1) is 0 Å². The van der Waals surface area contributed by atoms with E-state index in [0.29, 0.717) is 84.4 Å². The molecule has 2 N–H and O–H groups in total. The number of nitrogens with zero attached hydrogens (tertiary/aromatic N) is 6. The molecule has 1 spiro atoms. The number of aryl methyl sites for hydroxylation is 2. The molecule has 2 amide bonds. The summed E-state index contributed by atoms with van der Waals surface area (Å²) in [6.07, 6.45) is 12.9. The first kappa shape index (κ1) is 50.7. The molecule has 3 saturated heterocycles. The van der Waals surface area contributed by atoms with Gasteiger partial charge in [-0.1, -0.05) is 62.0 Å². The van der Waals surface area contributed by atoms with E-state index >= 15 is 17.6 Å². The maximum Gasteiger partial charge on any atom is 0.327 e. The molecule has 3 aromatic carbocycles. The average molecular weight is 1030 g/mol. The van der Waals surface area contributed by atoms with Gasteiger partial charge in [-0.2, -0.15) is 5.10 Å². The third-order valence-corrected chi connectivity index (χ3v) is 18.9. The van der Waals surface area contributed by atoms with E-state index in [1.165, 1.54) is 34.2 Å². The number of ether oxygens (including phenoxy) is 1. The topological polar surface area (TPSA) is 90.8 Å². The number of benzene rings is 3. The number of hydrogen-bond donors (Lipinski definition) is 2. The number of urea groups is 1. The molecule has 6 aliphatic rings. The van der Waals surface area contributed by atoms with Crippen molar-refractivity contribution in [1.29, 1.82) is 0 Å². The molecule has 2 saturated carbocycles. The first-order valence-electron chi connectivity index (χ1n) is 27.0. The largest absolute Gasteiger partial charge is 0.476 e. The molecule has 11 rings (SSSR count). The number of allylic oxidation sites excluding steroid dienone is 1. The van der Waals surface area contributed by atoms with Crippen molar-refractivity contribution in [3.63, 3.8) is 0 Å². The molecular formula is C59H69ClF4N8O2. The van der Waals surface area contributed by atoms with Crippen molar-refractivity contribution >= 4 is 34.4 Å². The fourth-order valence-electron chi connectivity index (χ4n) is 14.3. The number of pyridine rings is 1. The zero-order valence-corrected chi connectivity index (χ0v) is 44.0. The monoisotopic (exact) mass is 1030 g/mol. The van der Waals surface area contributed by atoms with Crippen molar-refractivity contribution in [1.82, 2.24) is 35.2 Å². The average Bonchev–Trinajstić information content (AvgIpc) is 3.86. The van der Waals surface area contributed by atoms with E-state index in [-0.39, 0.29) is 51.8 Å². The van der Waals surface area contributed by atoms with Crippen molar-refractivity contribution in [2.75, 3.05) is 50.8 Å². The normalized spacial score (nSPS) is 24.6. The van der Waals surface area contributed by atoms with Gasteiger partial charge in [0.2, 0.25) is 0 Å². The van der Waals surface area contributed by atoms with Crippen LogP contribution >= 0.6 is 11.6 Å². The van der Waals surface area contributed by atoms with Gasteiger partial charge >= 0.3 is 6.03 Å². The van der Waals surface area contributed by atoms with Crippen LogP contribution in [-0.4, -0.2) is 88.6 Å². The summed E-state index contributed by atoms with van der Waals surface area (Å²) in [5.41, 5.74) is 6.25. The van der Waals surface area contributed by atoms with E-state index in [2.05, 4.69) is 68.3 Å². The molecule has 2 unspecified atom stereocenters. The number of nitrogens with one attached hydrogen (secondary N) is 2. The van der Waals surface area contributed by atoms with E-state index in [9.17, 15) is 4.79 Å². The Labute approximate surface area is 437 Å². The summed E-state index contributed by atoms with van der Waals surface area (Å²) in [4.78, 5) is 23.5. The van der Waals surface area contributed by atoms with Gasteiger partial charge in [0.25, 0.3) is 5.88 Å². The minimum atomic E-state index is -0.625. The van der Waals surface area contributed by atoms with E-state index in [0.717, 1.165) is 81.4 Å². The van der Waals surface area contributed by atoms with Gasteiger partial charge in [0.1, 0.15) is 17.2 Å². The Morgan fingerprint density at radius 2 is 1.65 bits per heavy atom. The van der Waals surface area contributed by atoms with Crippen LogP contribution in [-0.2, 0) is 18.9 Å². The lowest BCUT2D eigenvalue weighted by Crippen LogP contribution is -2.56. The fraction of sp³-hybridized carbons (Fsp3) is 0.508. The Bertz CT molecular complexity index is 3010. The van der Waals surface area contributed by atoms with Crippen molar-refractivity contribution in [2.24, 2.45) is 18.4 Å². The predicted octanol–water partition coefficient (Wildman–Crippen LogP) is 12.4. The van der Waals surface area contributed by atoms with Crippen LogP contribution in [0.5, 0.6) is 5.88 Å². The number of aromatic nitrogens is 3. The molecule has 15 heteroatoms. The second kappa shape index (κ2) is 19.9. The number of carbonyl (C=O) groups is 1. The molecule has 74 heavy (non-hydrogen) atoms. The number of rotatable bonds is 12. The van der Waals surface area contributed by atoms with Crippen LogP contribution in [0.1, 0.15) is 124 Å². The van der Waals surface area contributed by atoms with Crippen LogP contribution in [0, 0.1) is 41.5 Å². The number of piperidine rings is 2. The van der Waals surface area contributed by atoms with Crippen LogP contribution < -0.4 is 20.3 Å². The number of halogens is 5. The number of likely N-dealkylation sites (tertiary alicyclic amines) is 2. The SMILES string of the molecule is C=C1CCN(c2nn(C)c3c(F)c(C4CCN(C5CC6(CCN(C(=C)C7CCC(NCC8(c9ccccc9)Cc9cc(F)c(Cl)c(-c%10c(C)cnc(OCC)c%10F)c9C8C)CC7)CC6)C5)CC4)c(F)cc23)C(=O)N1. The zero-order valence-electron chi connectivity index (χ0n) is 43.2. The second-order valence-corrected chi connectivity index (χ2v) is 22.9. The maximum absolute atomic E-state index is 16.3. The molecule has 5 fully saturated rings. The first-order chi connectivity index (χ1) is 35.6. The highest BCUT2D eigenvalue weighted by atomic mass is 35.5. The summed E-state index contributed by atoms with van der Waals surface area (Å²) < 4.78 is 71.4. The third-order valence-electron chi connectivity index (χ3n) is 18.6. The lowest BCUT2D eigenvalue weighted by molar-refractivity contribution is -0.0461. The zero-order chi connectivity index (χ0) is 51.8. The summed E-state index contributed by atoms with van der Waals surface area (Å²) in [6.45, 7) is 19.2. The lowest BCUT2D eigenvalue weighted by atomic mass is 9.59. The summed E-state index contributed by atoms with van der Waals surface area (Å²) in [5.74, 6) is -2.09. The van der Waals surface area contributed by atoms with Crippen LogP contribution in [0.25, 0.3) is 22.0 Å². The Hall–Kier alpha value is -5.44. The van der Waals surface area contributed by atoms with Crippen molar-refractivity contribution in [3.8, 4) is 17.0 Å². The second-order valence-electron chi connectivity index (χ2n) is 22.6. The number of fused-ring (bicyclic) bond motifs is 2. The third kappa shape index (κ3) is 8.78. The van der Waals surface area contributed by atoms with Gasteiger partial charge in [-0.05, 0) is 155 Å². The summed E-state index contributed by atoms with van der Waals surface area (Å²) in [6, 6.07) is 13.8. The molecule has 0 radical (unpaired) electrons. The van der Waals surface area contributed by atoms with Crippen LogP contribution in [0.2, 0.25) is 5.02 Å². The van der Waals surface area contributed by atoms with Gasteiger partial charge in [0.05, 0.1) is 17.0 Å². The van der Waals surface area contributed by atoms with E-state index in [1.54, 1.807) is 33.2 Å². The molecule has 2 aromatic heterocycles. The highest BCUT2D eigenvalue weighted by molar-refractivity contribution is 6.34. The first-order valence-corrected chi connectivity index (χ1v) is 27.3. The van der Waals surface area contributed by atoms with Crippen molar-refractivity contribution in [2.45, 2.75) is 127 Å². The lowest BCUT2D eigenvalue weighted by Gasteiger charge is -2.57. The van der Waals surface area contributed by atoms with Crippen molar-refractivity contribution in [3.05, 3.63) is 129 Å². The number of carbonyl (C=O) groups excluding carboxylic acids is 1. The fourth-order valence-corrected chi connectivity index (χ4v) is 14.5. The van der Waals surface area contributed by atoms with Crippen molar-refractivity contribution < 1.29 is 27.1 Å². The number of amides is 2. The van der Waals surface area contributed by atoms with Gasteiger partial charge in [-0.25, -0.2) is 27.3 Å². The van der Waals surface area contributed by atoms with E-state index < -0.39 is 34.7 Å². The van der Waals surface area contributed by atoms with Gasteiger partial charge in [0, 0.05) is 91.4 Å². The molecular weight excluding hydrogens is 964 g/mol. The standard InChI is InChI=1S/C59H69ClF4N8O2/c1-7-74-56-53(64)47(34(2)32-65-56)50-48-36(4)59(41-11-9-8-10-12-41,29-40(48)27-46(62)51(50)60)33-66-42-15-13-38(14-16-42)37(5)70-25-20-58(21-26-70)30-43(31-58)71-22-18-39(19-23-71)49-45(61)28-44-54(52(49)63)69(6)68-55(44)72-24-17-35(3)67-57(72)73/h8-12,27-28,32,36,38-39,42-43,66H,3,5,7,13-26,29-31,33H2,1-2,4,6H3,(H,67,73). The van der Waals surface area contributed by atoms with E-state index in [1.807, 2.05) is 6.07 Å². The Kier molecular flexibility index (Phi) is 13.7. The van der Waals surface area contributed by atoms with Crippen LogP contribution in [0.3, 0.4) is 0 Å². The minimum Gasteiger partial charge on any atom is -0.476 e. The Morgan fingerprint density at radius 1 is 0.932 bits per heavy atom. The van der Waals surface area contributed by atoms with Gasteiger partial charge in [-0.3, -0.25) is 9.58 Å². The van der Waals surface area contributed by atoms with Crippen LogP contribution in [0.15, 0.2) is 73.2 Å². The smallest absolute Gasteiger partial charge is 0.327 e. The molecule has 2 atom stereocenters.